The van der Waals surface area contributed by atoms with Gasteiger partial charge >= 0.3 is 5.97 Å². The number of aliphatic hydroxyl groups is 2. The number of aliphatic carboxylic acids is 1. The van der Waals surface area contributed by atoms with Gasteiger partial charge in [-0.15, -0.1) is 11.8 Å². The Hall–Kier alpha value is -1.77. The Morgan fingerprint density at radius 3 is 2.92 bits per heavy atom. The van der Waals surface area contributed by atoms with Gasteiger partial charge in [0.05, 0.1) is 18.0 Å². The summed E-state index contributed by atoms with van der Waals surface area (Å²) in [6.07, 6.45) is 8.15. The van der Waals surface area contributed by atoms with E-state index in [-0.39, 0.29) is 30.3 Å². The third kappa shape index (κ3) is 5.62. The third-order valence-corrected chi connectivity index (χ3v) is 5.31. The Balaban J connectivity index is 1.89. The van der Waals surface area contributed by atoms with Crippen molar-refractivity contribution in [2.75, 3.05) is 0 Å². The van der Waals surface area contributed by atoms with E-state index in [0.717, 1.165) is 12.2 Å². The number of carboxylic acid groups (broad SMARTS) is 1. The van der Waals surface area contributed by atoms with Crippen LogP contribution in [0.1, 0.15) is 52.4 Å². The van der Waals surface area contributed by atoms with Crippen molar-refractivity contribution in [3.8, 4) is 11.8 Å². The summed E-state index contributed by atoms with van der Waals surface area (Å²) >= 11 is 0. The number of unbranched alkanes of at least 4 members (excludes halogenated alkanes) is 1. The number of rotatable bonds is 8. The van der Waals surface area contributed by atoms with Gasteiger partial charge in [0, 0.05) is 37.5 Å². The van der Waals surface area contributed by atoms with Crippen molar-refractivity contribution < 1.29 is 24.9 Å². The topological polar surface area (TPSA) is 87.0 Å². The van der Waals surface area contributed by atoms with E-state index >= 15 is 0 Å². The molecule has 5 nitrogen and oxygen atoms in total. The molecular formula is C21H30O5. The van der Waals surface area contributed by atoms with Gasteiger partial charge in [-0.1, -0.05) is 19.1 Å². The maximum atomic E-state index is 10.6. The number of ether oxygens (including phenoxy) is 1. The van der Waals surface area contributed by atoms with Crippen LogP contribution >= 0.6 is 0 Å². The second kappa shape index (κ2) is 9.80. The van der Waals surface area contributed by atoms with Crippen molar-refractivity contribution in [3.63, 3.8) is 0 Å². The van der Waals surface area contributed by atoms with Crippen molar-refractivity contribution in [2.24, 2.45) is 17.8 Å². The molecule has 1 aliphatic carbocycles. The lowest BCUT2D eigenvalue weighted by Gasteiger charge is -2.17. The first kappa shape index (κ1) is 20.5. The molecule has 0 spiro atoms. The van der Waals surface area contributed by atoms with Crippen LogP contribution in [0.3, 0.4) is 0 Å². The van der Waals surface area contributed by atoms with E-state index in [0.29, 0.717) is 25.7 Å². The summed E-state index contributed by atoms with van der Waals surface area (Å²) in [5.74, 6) is 6.19. The summed E-state index contributed by atoms with van der Waals surface area (Å²) < 4.78 is 5.94. The largest absolute Gasteiger partial charge is 0.495 e. The van der Waals surface area contributed by atoms with Gasteiger partial charge in [-0.3, -0.25) is 4.79 Å². The van der Waals surface area contributed by atoms with Crippen LogP contribution < -0.4 is 0 Å². The molecule has 0 aromatic rings. The van der Waals surface area contributed by atoms with Gasteiger partial charge in [-0.05, 0) is 31.8 Å². The minimum absolute atomic E-state index is 0.00546. The van der Waals surface area contributed by atoms with Crippen LogP contribution in [0.5, 0.6) is 0 Å². The maximum Gasteiger partial charge on any atom is 0.303 e. The SMILES string of the molecule is CC#CCC(C)[C@H](O)/C=C/C1[C@H](O)C[C@@H]2O/C(=C\CCCC(=O)O)C[C@H]12. The summed E-state index contributed by atoms with van der Waals surface area (Å²) in [6, 6.07) is 0. The summed E-state index contributed by atoms with van der Waals surface area (Å²) in [5, 5.41) is 29.2. The molecule has 1 aliphatic heterocycles. The highest BCUT2D eigenvalue weighted by Crippen LogP contribution is 2.45. The first-order chi connectivity index (χ1) is 12.4. The van der Waals surface area contributed by atoms with Gasteiger partial charge in [0.25, 0.3) is 0 Å². The molecule has 6 atom stereocenters. The third-order valence-electron chi connectivity index (χ3n) is 5.31. The van der Waals surface area contributed by atoms with E-state index in [2.05, 4.69) is 11.8 Å². The number of hydrogen-bond acceptors (Lipinski definition) is 4. The van der Waals surface area contributed by atoms with E-state index in [1.54, 1.807) is 13.0 Å². The molecule has 2 unspecified atom stereocenters. The Bertz CT molecular complexity index is 597. The van der Waals surface area contributed by atoms with Crippen molar-refractivity contribution in [2.45, 2.75) is 70.7 Å². The van der Waals surface area contributed by atoms with Gasteiger partial charge in [-0.2, -0.15) is 0 Å². The van der Waals surface area contributed by atoms with Crippen LogP contribution in [0.25, 0.3) is 0 Å². The fourth-order valence-electron chi connectivity index (χ4n) is 3.72. The highest BCUT2D eigenvalue weighted by Gasteiger charge is 2.46. The molecule has 144 valence electrons. The molecular weight excluding hydrogens is 332 g/mol. The summed E-state index contributed by atoms with van der Waals surface area (Å²) in [6.45, 7) is 3.75. The molecule has 0 aromatic carbocycles. The Morgan fingerprint density at radius 1 is 1.46 bits per heavy atom. The minimum atomic E-state index is -0.779. The lowest BCUT2D eigenvalue weighted by molar-refractivity contribution is -0.137. The number of carbonyl (C=O) groups is 1. The van der Waals surface area contributed by atoms with Crippen LogP contribution in [0.2, 0.25) is 0 Å². The standard InChI is InChI=1S/C21H30O5/c1-3-4-7-14(2)18(22)11-10-16-17-12-15(8-5-6-9-21(24)25)26-20(17)13-19(16)23/h8,10-11,14,16-20,22-23H,5-7,9,12-13H2,1-2H3,(H,24,25)/b11-10+,15-8-/t14?,16?,17-,18-,19-,20+/m1/s1. The zero-order valence-corrected chi connectivity index (χ0v) is 15.6. The van der Waals surface area contributed by atoms with Crippen LogP contribution in [0, 0.1) is 29.6 Å². The van der Waals surface area contributed by atoms with E-state index in [9.17, 15) is 15.0 Å². The monoisotopic (exact) mass is 362 g/mol. The van der Waals surface area contributed by atoms with Crippen LogP contribution in [-0.4, -0.2) is 39.6 Å². The van der Waals surface area contributed by atoms with Crippen LogP contribution in [0.15, 0.2) is 24.0 Å². The average Bonchev–Trinajstić information content (AvgIpc) is 3.10. The molecule has 2 aliphatic rings. The molecule has 1 heterocycles. The molecule has 3 N–H and O–H groups in total. The molecule has 0 bridgehead atoms. The van der Waals surface area contributed by atoms with Gasteiger partial charge in [0.15, 0.2) is 0 Å². The Morgan fingerprint density at radius 2 is 2.23 bits per heavy atom. The summed E-state index contributed by atoms with van der Waals surface area (Å²) in [7, 11) is 0. The highest BCUT2D eigenvalue weighted by molar-refractivity contribution is 5.66. The number of carboxylic acids is 1. The van der Waals surface area contributed by atoms with Gasteiger partial charge in [0.1, 0.15) is 6.10 Å². The van der Waals surface area contributed by atoms with E-state index in [1.807, 2.05) is 19.1 Å². The number of allylic oxidation sites excluding steroid dienone is 2. The molecule has 0 aromatic heterocycles. The smallest absolute Gasteiger partial charge is 0.303 e. The molecule has 1 saturated carbocycles. The van der Waals surface area contributed by atoms with Crippen LogP contribution in [-0.2, 0) is 9.53 Å². The molecule has 0 radical (unpaired) electrons. The van der Waals surface area contributed by atoms with Crippen molar-refractivity contribution >= 4 is 5.97 Å². The predicted molar refractivity (Wildman–Crippen MR) is 99.0 cm³/mol. The first-order valence-electron chi connectivity index (χ1n) is 9.44. The second-order valence-corrected chi connectivity index (χ2v) is 7.34. The minimum Gasteiger partial charge on any atom is -0.495 e. The zero-order chi connectivity index (χ0) is 19.1. The van der Waals surface area contributed by atoms with Crippen molar-refractivity contribution in [1.82, 2.24) is 0 Å². The fourth-order valence-corrected chi connectivity index (χ4v) is 3.72. The summed E-state index contributed by atoms with van der Waals surface area (Å²) in [5.41, 5.74) is 0. The van der Waals surface area contributed by atoms with E-state index < -0.39 is 18.2 Å². The van der Waals surface area contributed by atoms with Crippen molar-refractivity contribution in [3.05, 3.63) is 24.0 Å². The second-order valence-electron chi connectivity index (χ2n) is 7.34. The zero-order valence-electron chi connectivity index (χ0n) is 15.6. The Kier molecular flexibility index (Phi) is 7.74. The molecule has 2 fully saturated rings. The first-order valence-corrected chi connectivity index (χ1v) is 9.44. The normalized spacial score (nSPS) is 31.3. The average molecular weight is 362 g/mol. The molecule has 0 amide bonds. The van der Waals surface area contributed by atoms with Crippen molar-refractivity contribution in [1.29, 1.82) is 0 Å². The summed E-state index contributed by atoms with van der Waals surface area (Å²) in [4.78, 5) is 10.6. The molecule has 2 rings (SSSR count). The van der Waals surface area contributed by atoms with Crippen LogP contribution in [0.4, 0.5) is 0 Å². The number of fused-ring (bicyclic) bond motifs is 1. The Labute approximate surface area is 155 Å². The highest BCUT2D eigenvalue weighted by atomic mass is 16.5. The molecule has 1 saturated heterocycles. The fraction of sp³-hybridized carbons (Fsp3) is 0.667. The molecule has 26 heavy (non-hydrogen) atoms. The maximum absolute atomic E-state index is 10.6. The lowest BCUT2D eigenvalue weighted by atomic mass is 9.89. The predicted octanol–water partition coefficient (Wildman–Crippen LogP) is 2.88. The number of aliphatic hydroxyl groups excluding tert-OH is 2. The number of hydrogen-bond donors (Lipinski definition) is 3. The van der Waals surface area contributed by atoms with E-state index in [1.165, 1.54) is 0 Å². The molecule has 5 heteroatoms. The van der Waals surface area contributed by atoms with E-state index in [4.69, 9.17) is 9.84 Å². The van der Waals surface area contributed by atoms with Gasteiger partial charge < -0.3 is 20.1 Å². The lowest BCUT2D eigenvalue weighted by Crippen LogP contribution is -2.19. The van der Waals surface area contributed by atoms with Gasteiger partial charge in [-0.25, -0.2) is 0 Å². The quantitative estimate of drug-likeness (QED) is 0.351. The van der Waals surface area contributed by atoms with Gasteiger partial charge in [0.2, 0.25) is 0 Å².